The van der Waals surface area contributed by atoms with E-state index in [2.05, 4.69) is 22.0 Å². The molecule has 1 fully saturated rings. The van der Waals surface area contributed by atoms with E-state index in [1.807, 2.05) is 31.3 Å². The summed E-state index contributed by atoms with van der Waals surface area (Å²) in [6.07, 6.45) is 4.59. The van der Waals surface area contributed by atoms with Gasteiger partial charge in [-0.05, 0) is 62.7 Å². The molecule has 3 nitrogen and oxygen atoms in total. The van der Waals surface area contributed by atoms with E-state index in [4.69, 9.17) is 16.3 Å². The van der Waals surface area contributed by atoms with E-state index in [1.54, 1.807) is 0 Å². The summed E-state index contributed by atoms with van der Waals surface area (Å²) in [6.45, 7) is 5.99. The van der Waals surface area contributed by atoms with Crippen LogP contribution in [0.3, 0.4) is 0 Å². The minimum atomic E-state index is 0.627. The molecule has 1 aromatic carbocycles. The molecule has 0 saturated carbocycles. The van der Waals surface area contributed by atoms with Crippen LogP contribution in [-0.4, -0.2) is 29.6 Å². The monoisotopic (exact) mass is 316 g/mol. The standard InChI is InChI=1S/C18H21ClN2O/c1-2-22-18-8-6-15(19)11-16(18)17-7-5-14(12-20-17)13-21-9-3-4-10-21/h5-8,11-12H,2-4,9-10,13H2,1H3. The molecule has 1 aliphatic rings. The van der Waals surface area contributed by atoms with Gasteiger partial charge in [-0.15, -0.1) is 0 Å². The van der Waals surface area contributed by atoms with Crippen LogP contribution in [0.25, 0.3) is 11.3 Å². The summed E-state index contributed by atoms with van der Waals surface area (Å²) in [5, 5.41) is 0.696. The van der Waals surface area contributed by atoms with Crippen LogP contribution in [0.4, 0.5) is 0 Å². The lowest BCUT2D eigenvalue weighted by atomic mass is 10.1. The molecular weight excluding hydrogens is 296 g/mol. The molecule has 0 aliphatic carbocycles. The Hall–Kier alpha value is -1.58. The smallest absolute Gasteiger partial charge is 0.128 e. The predicted molar refractivity (Wildman–Crippen MR) is 90.4 cm³/mol. The second kappa shape index (κ2) is 7.12. The first kappa shape index (κ1) is 15.3. The quantitative estimate of drug-likeness (QED) is 0.817. The van der Waals surface area contributed by atoms with Gasteiger partial charge in [0.2, 0.25) is 0 Å². The Bertz CT molecular complexity index is 621. The first-order chi connectivity index (χ1) is 10.8. The first-order valence-electron chi connectivity index (χ1n) is 7.86. The highest BCUT2D eigenvalue weighted by atomic mass is 35.5. The van der Waals surface area contributed by atoms with Gasteiger partial charge < -0.3 is 4.74 Å². The lowest BCUT2D eigenvalue weighted by Crippen LogP contribution is -2.18. The molecule has 1 saturated heterocycles. The van der Waals surface area contributed by atoms with Crippen LogP contribution in [0.5, 0.6) is 5.75 Å². The molecule has 0 unspecified atom stereocenters. The maximum atomic E-state index is 6.12. The molecule has 0 spiro atoms. The van der Waals surface area contributed by atoms with Gasteiger partial charge in [-0.1, -0.05) is 17.7 Å². The zero-order valence-electron chi connectivity index (χ0n) is 12.9. The van der Waals surface area contributed by atoms with Crippen molar-refractivity contribution >= 4 is 11.6 Å². The number of halogens is 1. The van der Waals surface area contributed by atoms with E-state index in [-0.39, 0.29) is 0 Å². The van der Waals surface area contributed by atoms with Crippen LogP contribution < -0.4 is 4.74 Å². The van der Waals surface area contributed by atoms with Gasteiger partial charge in [0.15, 0.2) is 0 Å². The summed E-state index contributed by atoms with van der Waals surface area (Å²) < 4.78 is 5.68. The Balaban J connectivity index is 1.81. The fourth-order valence-corrected chi connectivity index (χ4v) is 3.03. The van der Waals surface area contributed by atoms with Crippen molar-refractivity contribution in [1.82, 2.24) is 9.88 Å². The van der Waals surface area contributed by atoms with E-state index in [9.17, 15) is 0 Å². The number of nitrogens with zero attached hydrogens (tertiary/aromatic N) is 2. The molecule has 0 radical (unpaired) electrons. The number of likely N-dealkylation sites (tertiary alicyclic amines) is 1. The van der Waals surface area contributed by atoms with Gasteiger partial charge in [-0.25, -0.2) is 0 Å². The van der Waals surface area contributed by atoms with Gasteiger partial charge in [-0.3, -0.25) is 9.88 Å². The number of hydrogen-bond acceptors (Lipinski definition) is 3. The van der Waals surface area contributed by atoms with E-state index in [0.717, 1.165) is 23.6 Å². The van der Waals surface area contributed by atoms with Gasteiger partial charge in [0.1, 0.15) is 5.75 Å². The summed E-state index contributed by atoms with van der Waals surface area (Å²) in [7, 11) is 0. The average Bonchev–Trinajstić information content (AvgIpc) is 3.03. The predicted octanol–water partition coefficient (Wildman–Crippen LogP) is 4.40. The van der Waals surface area contributed by atoms with Crippen LogP contribution in [0.1, 0.15) is 25.3 Å². The minimum absolute atomic E-state index is 0.627. The summed E-state index contributed by atoms with van der Waals surface area (Å²) >= 11 is 6.12. The van der Waals surface area contributed by atoms with Crippen molar-refractivity contribution in [2.45, 2.75) is 26.3 Å². The molecule has 2 heterocycles. The normalized spacial score (nSPS) is 15.2. The first-order valence-corrected chi connectivity index (χ1v) is 8.24. The van der Waals surface area contributed by atoms with Crippen LogP contribution >= 0.6 is 11.6 Å². The number of pyridine rings is 1. The molecule has 0 N–H and O–H groups in total. The lowest BCUT2D eigenvalue weighted by Gasteiger charge is -2.15. The molecule has 0 atom stereocenters. The molecule has 22 heavy (non-hydrogen) atoms. The second-order valence-corrected chi connectivity index (χ2v) is 6.04. The van der Waals surface area contributed by atoms with Gasteiger partial charge in [0.25, 0.3) is 0 Å². The van der Waals surface area contributed by atoms with Gasteiger partial charge in [-0.2, -0.15) is 0 Å². The van der Waals surface area contributed by atoms with Crippen LogP contribution in [0, 0.1) is 0 Å². The molecule has 0 bridgehead atoms. The molecule has 116 valence electrons. The number of rotatable bonds is 5. The fraction of sp³-hybridized carbons (Fsp3) is 0.389. The summed E-state index contributed by atoms with van der Waals surface area (Å²) in [5.74, 6) is 0.826. The number of ether oxygens (including phenoxy) is 1. The Labute approximate surface area is 136 Å². The highest BCUT2D eigenvalue weighted by Gasteiger charge is 2.13. The van der Waals surface area contributed by atoms with Crippen molar-refractivity contribution in [2.75, 3.05) is 19.7 Å². The Morgan fingerprint density at radius 3 is 2.68 bits per heavy atom. The summed E-state index contributed by atoms with van der Waals surface area (Å²) in [6, 6.07) is 9.87. The number of benzene rings is 1. The maximum Gasteiger partial charge on any atom is 0.128 e. The largest absolute Gasteiger partial charge is 0.493 e. The third-order valence-corrected chi connectivity index (χ3v) is 4.18. The molecule has 1 aliphatic heterocycles. The minimum Gasteiger partial charge on any atom is -0.493 e. The van der Waals surface area contributed by atoms with Crippen molar-refractivity contribution < 1.29 is 4.74 Å². The van der Waals surface area contributed by atoms with Crippen molar-refractivity contribution in [2.24, 2.45) is 0 Å². The Morgan fingerprint density at radius 1 is 1.18 bits per heavy atom. The zero-order chi connectivity index (χ0) is 15.4. The molecule has 4 heteroatoms. The van der Waals surface area contributed by atoms with Crippen LogP contribution in [0.15, 0.2) is 36.5 Å². The highest BCUT2D eigenvalue weighted by molar-refractivity contribution is 6.30. The Kier molecular flexibility index (Phi) is 4.96. The van der Waals surface area contributed by atoms with Crippen LogP contribution in [-0.2, 0) is 6.54 Å². The zero-order valence-corrected chi connectivity index (χ0v) is 13.6. The molecular formula is C18H21ClN2O. The molecule has 1 aromatic heterocycles. The van der Waals surface area contributed by atoms with Crippen LogP contribution in [0.2, 0.25) is 5.02 Å². The summed E-state index contributed by atoms with van der Waals surface area (Å²) in [4.78, 5) is 7.08. The maximum absolute atomic E-state index is 6.12. The third kappa shape index (κ3) is 3.60. The van der Waals surface area contributed by atoms with Crippen molar-refractivity contribution in [3.05, 3.63) is 47.1 Å². The summed E-state index contributed by atoms with van der Waals surface area (Å²) in [5.41, 5.74) is 3.10. The topological polar surface area (TPSA) is 25.4 Å². The van der Waals surface area contributed by atoms with Crippen molar-refractivity contribution in [1.29, 1.82) is 0 Å². The van der Waals surface area contributed by atoms with E-state index in [0.29, 0.717) is 11.6 Å². The number of aromatic nitrogens is 1. The Morgan fingerprint density at radius 2 is 2.00 bits per heavy atom. The number of hydrogen-bond donors (Lipinski definition) is 0. The van der Waals surface area contributed by atoms with Gasteiger partial charge >= 0.3 is 0 Å². The highest BCUT2D eigenvalue weighted by Crippen LogP contribution is 2.31. The van der Waals surface area contributed by atoms with Gasteiger partial charge in [0.05, 0.1) is 12.3 Å². The van der Waals surface area contributed by atoms with E-state index in [1.165, 1.54) is 31.5 Å². The lowest BCUT2D eigenvalue weighted by molar-refractivity contribution is 0.331. The average molecular weight is 317 g/mol. The fourth-order valence-electron chi connectivity index (χ4n) is 2.86. The second-order valence-electron chi connectivity index (χ2n) is 5.61. The SMILES string of the molecule is CCOc1ccc(Cl)cc1-c1ccc(CN2CCCC2)cn1. The van der Waals surface area contributed by atoms with E-state index >= 15 is 0 Å². The van der Waals surface area contributed by atoms with E-state index < -0.39 is 0 Å². The van der Waals surface area contributed by atoms with Crippen molar-refractivity contribution in [3.63, 3.8) is 0 Å². The van der Waals surface area contributed by atoms with Gasteiger partial charge in [0, 0.05) is 23.3 Å². The van der Waals surface area contributed by atoms with Crippen molar-refractivity contribution in [3.8, 4) is 17.0 Å². The molecule has 3 rings (SSSR count). The molecule has 0 amide bonds. The molecule has 2 aromatic rings. The third-order valence-electron chi connectivity index (χ3n) is 3.95.